The van der Waals surface area contributed by atoms with Gasteiger partial charge < -0.3 is 15.0 Å². The predicted octanol–water partition coefficient (Wildman–Crippen LogP) is 1.16. The molecule has 1 aromatic heterocycles. The summed E-state index contributed by atoms with van der Waals surface area (Å²) >= 11 is 0. The molecular formula is C14H21N3O2. The molecule has 2 unspecified atom stereocenters. The normalized spacial score (nSPS) is 23.2. The van der Waals surface area contributed by atoms with Gasteiger partial charge in [0.25, 0.3) is 5.91 Å². The van der Waals surface area contributed by atoms with E-state index in [4.69, 9.17) is 4.74 Å². The molecule has 0 spiro atoms. The number of nitrogens with one attached hydrogen (secondary N) is 1. The minimum absolute atomic E-state index is 0.00588. The van der Waals surface area contributed by atoms with E-state index in [1.807, 2.05) is 11.9 Å². The van der Waals surface area contributed by atoms with E-state index in [-0.39, 0.29) is 5.91 Å². The first kappa shape index (κ1) is 13.8. The molecule has 2 heterocycles. The van der Waals surface area contributed by atoms with Crippen LogP contribution in [0.2, 0.25) is 0 Å². The Bertz CT molecular complexity index is 450. The number of aromatic nitrogens is 1. The fourth-order valence-corrected chi connectivity index (χ4v) is 2.65. The smallest absolute Gasteiger partial charge is 0.259 e. The Morgan fingerprint density at radius 2 is 2.37 bits per heavy atom. The third-order valence-corrected chi connectivity index (χ3v) is 3.76. The second kappa shape index (κ2) is 6.02. The van der Waals surface area contributed by atoms with Crippen LogP contribution in [0, 0.1) is 5.92 Å². The molecule has 1 aromatic rings. The molecule has 2 atom stereocenters. The summed E-state index contributed by atoms with van der Waals surface area (Å²) in [6.07, 6.45) is 2.61. The molecule has 0 radical (unpaired) electrons. The summed E-state index contributed by atoms with van der Waals surface area (Å²) < 4.78 is 5.16. The highest BCUT2D eigenvalue weighted by atomic mass is 16.5. The van der Waals surface area contributed by atoms with Crippen molar-refractivity contribution in [2.45, 2.75) is 19.4 Å². The third kappa shape index (κ3) is 2.87. The summed E-state index contributed by atoms with van der Waals surface area (Å²) in [6.45, 7) is 3.70. The van der Waals surface area contributed by atoms with Gasteiger partial charge in [-0.25, -0.2) is 4.98 Å². The monoisotopic (exact) mass is 263 g/mol. The van der Waals surface area contributed by atoms with Crippen molar-refractivity contribution in [3.05, 3.63) is 23.9 Å². The summed E-state index contributed by atoms with van der Waals surface area (Å²) in [5.74, 6) is 0.854. The average Bonchev–Trinajstić information content (AvgIpc) is 2.46. The molecule has 0 bridgehead atoms. The number of pyridine rings is 1. The molecule has 1 saturated heterocycles. The SMILES string of the molecule is CNC1CCN(C(=O)c2cccnc2OC)CC1C. The number of hydrogen-bond acceptors (Lipinski definition) is 4. The predicted molar refractivity (Wildman–Crippen MR) is 73.3 cm³/mol. The molecule has 2 rings (SSSR count). The highest BCUT2D eigenvalue weighted by molar-refractivity contribution is 5.96. The summed E-state index contributed by atoms with van der Waals surface area (Å²) in [7, 11) is 3.51. The third-order valence-electron chi connectivity index (χ3n) is 3.76. The maximum atomic E-state index is 12.5. The minimum atomic E-state index is 0.00588. The molecule has 1 aliphatic heterocycles. The van der Waals surface area contributed by atoms with Crippen LogP contribution in [0.15, 0.2) is 18.3 Å². The van der Waals surface area contributed by atoms with Gasteiger partial charge >= 0.3 is 0 Å². The van der Waals surface area contributed by atoms with Crippen LogP contribution in [-0.2, 0) is 0 Å². The first-order valence-corrected chi connectivity index (χ1v) is 6.63. The summed E-state index contributed by atoms with van der Waals surface area (Å²) in [5, 5.41) is 3.30. The van der Waals surface area contributed by atoms with Crippen LogP contribution in [0.5, 0.6) is 5.88 Å². The Morgan fingerprint density at radius 3 is 3.00 bits per heavy atom. The standard InChI is InChI=1S/C14H21N3O2/c1-10-9-17(8-6-12(10)15-2)14(18)11-5-4-7-16-13(11)19-3/h4-5,7,10,12,15H,6,8-9H2,1-3H3. The van der Waals surface area contributed by atoms with Gasteiger partial charge in [-0.1, -0.05) is 6.92 Å². The molecule has 0 aliphatic carbocycles. The van der Waals surface area contributed by atoms with Crippen molar-refractivity contribution >= 4 is 5.91 Å². The van der Waals surface area contributed by atoms with Crippen LogP contribution in [0.25, 0.3) is 0 Å². The van der Waals surface area contributed by atoms with Crippen molar-refractivity contribution in [1.82, 2.24) is 15.2 Å². The molecule has 0 saturated carbocycles. The summed E-state index contributed by atoms with van der Waals surface area (Å²) in [6, 6.07) is 4.02. The molecule has 5 nitrogen and oxygen atoms in total. The lowest BCUT2D eigenvalue weighted by atomic mass is 9.93. The number of carbonyl (C=O) groups is 1. The van der Waals surface area contributed by atoms with Gasteiger partial charge in [0.1, 0.15) is 5.56 Å². The molecule has 1 fully saturated rings. The van der Waals surface area contributed by atoms with Gasteiger partial charge in [0.05, 0.1) is 7.11 Å². The van der Waals surface area contributed by atoms with Crippen molar-refractivity contribution < 1.29 is 9.53 Å². The highest BCUT2D eigenvalue weighted by Crippen LogP contribution is 2.21. The highest BCUT2D eigenvalue weighted by Gasteiger charge is 2.29. The molecule has 1 N–H and O–H groups in total. The van der Waals surface area contributed by atoms with Crippen molar-refractivity contribution in [2.75, 3.05) is 27.2 Å². The number of methoxy groups -OCH3 is 1. The van der Waals surface area contributed by atoms with E-state index in [1.54, 1.807) is 18.3 Å². The Morgan fingerprint density at radius 1 is 1.58 bits per heavy atom. The van der Waals surface area contributed by atoms with E-state index in [0.717, 1.165) is 19.5 Å². The molecule has 5 heteroatoms. The van der Waals surface area contributed by atoms with E-state index >= 15 is 0 Å². The summed E-state index contributed by atoms with van der Waals surface area (Å²) in [4.78, 5) is 18.5. The van der Waals surface area contributed by atoms with Gasteiger partial charge in [0, 0.05) is 25.3 Å². The Labute approximate surface area is 114 Å². The van der Waals surface area contributed by atoms with Crippen LogP contribution in [0.3, 0.4) is 0 Å². The van der Waals surface area contributed by atoms with Crippen molar-refractivity contribution in [1.29, 1.82) is 0 Å². The zero-order chi connectivity index (χ0) is 13.8. The number of likely N-dealkylation sites (tertiary alicyclic amines) is 1. The van der Waals surface area contributed by atoms with Crippen LogP contribution < -0.4 is 10.1 Å². The number of rotatable bonds is 3. The zero-order valence-electron chi connectivity index (χ0n) is 11.7. The minimum Gasteiger partial charge on any atom is -0.480 e. The topological polar surface area (TPSA) is 54.5 Å². The first-order chi connectivity index (χ1) is 9.17. The lowest BCUT2D eigenvalue weighted by molar-refractivity contribution is 0.0645. The fraction of sp³-hybridized carbons (Fsp3) is 0.571. The Hall–Kier alpha value is -1.62. The van der Waals surface area contributed by atoms with Crippen LogP contribution >= 0.6 is 0 Å². The molecule has 104 valence electrons. The van der Waals surface area contributed by atoms with Crippen LogP contribution in [-0.4, -0.2) is 49.1 Å². The molecule has 19 heavy (non-hydrogen) atoms. The fourth-order valence-electron chi connectivity index (χ4n) is 2.65. The number of carbonyl (C=O) groups excluding carboxylic acids is 1. The van der Waals surface area contributed by atoms with Crippen LogP contribution in [0.4, 0.5) is 0 Å². The Balaban J connectivity index is 2.12. The number of nitrogens with zero attached hydrogens (tertiary/aromatic N) is 2. The number of hydrogen-bond donors (Lipinski definition) is 1. The van der Waals surface area contributed by atoms with Gasteiger partial charge in [-0.2, -0.15) is 0 Å². The van der Waals surface area contributed by atoms with E-state index in [9.17, 15) is 4.79 Å². The molecule has 1 aliphatic rings. The maximum absolute atomic E-state index is 12.5. The van der Waals surface area contributed by atoms with Crippen molar-refractivity contribution in [3.8, 4) is 5.88 Å². The lowest BCUT2D eigenvalue weighted by Crippen LogP contribution is -2.49. The van der Waals surface area contributed by atoms with Gasteiger partial charge in [-0.3, -0.25) is 4.79 Å². The van der Waals surface area contributed by atoms with E-state index in [0.29, 0.717) is 23.4 Å². The second-order valence-corrected chi connectivity index (χ2v) is 4.97. The molecule has 1 amide bonds. The van der Waals surface area contributed by atoms with Gasteiger partial charge in [-0.05, 0) is 31.5 Å². The second-order valence-electron chi connectivity index (χ2n) is 4.97. The maximum Gasteiger partial charge on any atom is 0.259 e. The van der Waals surface area contributed by atoms with Crippen molar-refractivity contribution in [2.24, 2.45) is 5.92 Å². The molecular weight excluding hydrogens is 242 g/mol. The van der Waals surface area contributed by atoms with Crippen LogP contribution in [0.1, 0.15) is 23.7 Å². The van der Waals surface area contributed by atoms with Gasteiger partial charge in [0.15, 0.2) is 0 Å². The average molecular weight is 263 g/mol. The molecule has 0 aromatic carbocycles. The Kier molecular flexibility index (Phi) is 4.37. The zero-order valence-corrected chi connectivity index (χ0v) is 11.7. The van der Waals surface area contributed by atoms with E-state index in [2.05, 4.69) is 17.2 Å². The van der Waals surface area contributed by atoms with Gasteiger partial charge in [-0.15, -0.1) is 0 Å². The summed E-state index contributed by atoms with van der Waals surface area (Å²) in [5.41, 5.74) is 0.542. The number of piperidine rings is 1. The number of ether oxygens (including phenoxy) is 1. The lowest BCUT2D eigenvalue weighted by Gasteiger charge is -2.36. The van der Waals surface area contributed by atoms with E-state index < -0.39 is 0 Å². The van der Waals surface area contributed by atoms with Gasteiger partial charge in [0.2, 0.25) is 5.88 Å². The largest absolute Gasteiger partial charge is 0.480 e. The quantitative estimate of drug-likeness (QED) is 0.889. The first-order valence-electron chi connectivity index (χ1n) is 6.63. The number of amides is 1. The van der Waals surface area contributed by atoms with E-state index in [1.165, 1.54) is 7.11 Å². The van der Waals surface area contributed by atoms with Crippen molar-refractivity contribution in [3.63, 3.8) is 0 Å².